The van der Waals surface area contributed by atoms with E-state index in [4.69, 9.17) is 11.6 Å². The van der Waals surface area contributed by atoms with Gasteiger partial charge in [-0.3, -0.25) is 0 Å². The van der Waals surface area contributed by atoms with Crippen molar-refractivity contribution in [3.05, 3.63) is 0 Å². The van der Waals surface area contributed by atoms with Crippen LogP contribution >= 0.6 is 0 Å². The fourth-order valence-electron chi connectivity index (χ4n) is 1.52. The number of nitrogens with zero attached hydrogens (tertiary/aromatic N) is 1. The summed E-state index contributed by atoms with van der Waals surface area (Å²) in [5.41, 5.74) is 0. The van der Waals surface area contributed by atoms with Gasteiger partial charge in [0, 0.05) is 6.04 Å². The summed E-state index contributed by atoms with van der Waals surface area (Å²) in [5.74, 6) is 1.93. The van der Waals surface area contributed by atoms with Gasteiger partial charge in [0.1, 0.15) is 0 Å². The van der Waals surface area contributed by atoms with Crippen molar-refractivity contribution in [2.24, 2.45) is 5.14 Å². The van der Waals surface area contributed by atoms with E-state index in [1.807, 2.05) is 0 Å². The fraction of sp³-hybridized carbons (Fsp3) is 0.714. The number of rotatable bonds is 3. The molecule has 15 heavy (non-hydrogen) atoms. The fourth-order valence-corrected chi connectivity index (χ4v) is 4.19. The maximum Gasteiger partial charge on any atom is 0.278 e. The van der Waals surface area contributed by atoms with E-state index < -0.39 is 26.1 Å². The van der Waals surface area contributed by atoms with E-state index in [9.17, 15) is 16.8 Å². The molecule has 8 heteroatoms. The van der Waals surface area contributed by atoms with E-state index in [0.717, 1.165) is 4.31 Å². The van der Waals surface area contributed by atoms with Crippen LogP contribution in [0.15, 0.2) is 0 Å². The van der Waals surface area contributed by atoms with Gasteiger partial charge in [-0.2, -0.15) is 12.7 Å². The van der Waals surface area contributed by atoms with Gasteiger partial charge in [-0.25, -0.2) is 13.6 Å². The molecule has 86 valence electrons. The van der Waals surface area contributed by atoms with Crippen LogP contribution < -0.4 is 5.14 Å². The number of hydrogen-bond donors (Lipinski definition) is 1. The van der Waals surface area contributed by atoms with E-state index >= 15 is 0 Å². The van der Waals surface area contributed by atoms with Crippen LogP contribution in [0, 0.1) is 12.3 Å². The van der Waals surface area contributed by atoms with E-state index in [1.165, 1.54) is 0 Å². The van der Waals surface area contributed by atoms with Crippen LogP contribution in [0.3, 0.4) is 0 Å². The second-order valence-electron chi connectivity index (χ2n) is 3.35. The lowest BCUT2D eigenvalue weighted by Gasteiger charge is -2.22. The molecule has 0 aromatic heterocycles. The smallest absolute Gasteiger partial charge is 0.229 e. The maximum absolute atomic E-state index is 11.2. The lowest BCUT2D eigenvalue weighted by molar-refractivity contribution is 0.372. The third-order valence-electron chi connectivity index (χ3n) is 2.19. The Bertz CT molecular complexity index is 474. The first-order valence-electron chi connectivity index (χ1n) is 4.20. The van der Waals surface area contributed by atoms with Crippen LogP contribution in [0.4, 0.5) is 0 Å². The Labute approximate surface area is 89.5 Å². The summed E-state index contributed by atoms with van der Waals surface area (Å²) in [7, 11) is -7.08. The van der Waals surface area contributed by atoms with Crippen LogP contribution in [-0.2, 0) is 20.0 Å². The summed E-state index contributed by atoms with van der Waals surface area (Å²) < 4.78 is 45.4. The number of nitrogens with two attached hydrogens (primary N) is 1. The molecule has 1 saturated heterocycles. The van der Waals surface area contributed by atoms with Gasteiger partial charge >= 0.3 is 0 Å². The van der Waals surface area contributed by atoms with Crippen molar-refractivity contribution >= 4 is 20.0 Å². The lowest BCUT2D eigenvalue weighted by atomic mass is 10.3. The van der Waals surface area contributed by atoms with E-state index in [2.05, 4.69) is 5.92 Å². The second-order valence-corrected chi connectivity index (χ2v) is 7.08. The highest BCUT2D eigenvalue weighted by atomic mass is 32.2. The molecule has 0 saturated carbocycles. The van der Waals surface area contributed by atoms with Gasteiger partial charge in [0.25, 0.3) is 10.2 Å². The SMILES string of the molecule is C#CCN(C1CCS(=O)(=O)C1)S(N)(=O)=O. The van der Waals surface area contributed by atoms with Gasteiger partial charge < -0.3 is 0 Å². The molecule has 0 spiro atoms. The molecule has 1 aliphatic rings. The molecule has 1 unspecified atom stereocenters. The zero-order valence-electron chi connectivity index (χ0n) is 7.96. The van der Waals surface area contributed by atoms with Crippen molar-refractivity contribution in [3.63, 3.8) is 0 Å². The number of hydrogen-bond acceptors (Lipinski definition) is 4. The molecule has 0 radical (unpaired) electrons. The highest BCUT2D eigenvalue weighted by Crippen LogP contribution is 2.18. The first-order chi connectivity index (χ1) is 6.76. The Balaban J connectivity index is 2.90. The predicted molar refractivity (Wildman–Crippen MR) is 55.7 cm³/mol. The highest BCUT2D eigenvalue weighted by molar-refractivity contribution is 7.91. The quantitative estimate of drug-likeness (QED) is 0.606. The minimum Gasteiger partial charge on any atom is -0.229 e. The standard InChI is InChI=1S/C7H12N2O4S2/c1-2-4-9(15(8,12)13)7-3-5-14(10,11)6-7/h1,7H,3-6H2,(H2,8,12,13). The van der Waals surface area contributed by atoms with Gasteiger partial charge in [0.05, 0.1) is 18.1 Å². The topological polar surface area (TPSA) is 97.5 Å². The summed E-state index contributed by atoms with van der Waals surface area (Å²) in [6, 6.07) is -0.624. The number of terminal acetylenes is 1. The van der Waals surface area contributed by atoms with Gasteiger partial charge in [0.2, 0.25) is 0 Å². The zero-order valence-corrected chi connectivity index (χ0v) is 9.59. The van der Waals surface area contributed by atoms with Gasteiger partial charge in [-0.1, -0.05) is 5.92 Å². The Morgan fingerprint density at radius 2 is 2.13 bits per heavy atom. The molecular weight excluding hydrogens is 240 g/mol. The summed E-state index contributed by atoms with van der Waals surface area (Å²) in [6.07, 6.45) is 5.25. The number of sulfone groups is 1. The Morgan fingerprint density at radius 1 is 1.53 bits per heavy atom. The normalized spacial score (nSPS) is 25.3. The molecule has 0 aromatic rings. The predicted octanol–water partition coefficient (Wildman–Crippen LogP) is -1.69. The van der Waals surface area contributed by atoms with Gasteiger partial charge in [-0.15, -0.1) is 6.42 Å². The lowest BCUT2D eigenvalue weighted by Crippen LogP contribution is -2.44. The third kappa shape index (κ3) is 3.17. The van der Waals surface area contributed by atoms with Crippen LogP contribution in [0.2, 0.25) is 0 Å². The Morgan fingerprint density at radius 3 is 2.47 bits per heavy atom. The molecule has 1 atom stereocenters. The molecule has 0 amide bonds. The average Bonchev–Trinajstić information content (AvgIpc) is 2.39. The summed E-state index contributed by atoms with van der Waals surface area (Å²) >= 11 is 0. The summed E-state index contributed by atoms with van der Waals surface area (Å²) in [6.45, 7) is -0.195. The molecule has 0 aliphatic carbocycles. The zero-order chi connectivity index (χ0) is 11.7. The minimum atomic E-state index is -3.93. The van der Waals surface area contributed by atoms with Crippen LogP contribution in [-0.4, -0.2) is 45.2 Å². The molecular formula is C7H12N2O4S2. The van der Waals surface area contributed by atoms with Crippen molar-refractivity contribution in [3.8, 4) is 12.3 Å². The maximum atomic E-state index is 11.2. The second kappa shape index (κ2) is 4.09. The van der Waals surface area contributed by atoms with Crippen molar-refractivity contribution in [1.29, 1.82) is 0 Å². The first kappa shape index (κ1) is 12.4. The van der Waals surface area contributed by atoms with Crippen molar-refractivity contribution in [2.75, 3.05) is 18.1 Å². The van der Waals surface area contributed by atoms with E-state index in [1.54, 1.807) is 0 Å². The largest absolute Gasteiger partial charge is 0.278 e. The van der Waals surface area contributed by atoms with E-state index in [-0.39, 0.29) is 24.5 Å². The summed E-state index contributed by atoms with van der Waals surface area (Å²) in [5, 5.41) is 4.94. The van der Waals surface area contributed by atoms with Crippen LogP contribution in [0.25, 0.3) is 0 Å². The molecule has 1 aliphatic heterocycles. The molecule has 6 nitrogen and oxygen atoms in total. The Kier molecular flexibility index (Phi) is 3.40. The molecule has 0 aromatic carbocycles. The van der Waals surface area contributed by atoms with Crippen molar-refractivity contribution < 1.29 is 16.8 Å². The molecule has 1 heterocycles. The first-order valence-corrected chi connectivity index (χ1v) is 7.52. The minimum absolute atomic E-state index is 0.0196. The van der Waals surface area contributed by atoms with Crippen molar-refractivity contribution in [1.82, 2.24) is 4.31 Å². The summed E-state index contributed by atoms with van der Waals surface area (Å²) in [4.78, 5) is 0. The van der Waals surface area contributed by atoms with Crippen LogP contribution in [0.1, 0.15) is 6.42 Å². The molecule has 0 bridgehead atoms. The molecule has 1 rings (SSSR count). The average molecular weight is 252 g/mol. The van der Waals surface area contributed by atoms with Crippen LogP contribution in [0.5, 0.6) is 0 Å². The monoisotopic (exact) mass is 252 g/mol. The third-order valence-corrected chi connectivity index (χ3v) is 5.02. The Hall–Kier alpha value is -0.620. The highest BCUT2D eigenvalue weighted by Gasteiger charge is 2.36. The van der Waals surface area contributed by atoms with Gasteiger partial charge in [0.15, 0.2) is 9.84 Å². The molecule has 2 N–H and O–H groups in total. The van der Waals surface area contributed by atoms with Crippen molar-refractivity contribution in [2.45, 2.75) is 12.5 Å². The van der Waals surface area contributed by atoms with E-state index in [0.29, 0.717) is 0 Å². The molecule has 1 fully saturated rings. The van der Waals surface area contributed by atoms with Gasteiger partial charge in [-0.05, 0) is 6.42 Å².